The van der Waals surface area contributed by atoms with Crippen LogP contribution in [0, 0.1) is 0 Å². The van der Waals surface area contributed by atoms with Gasteiger partial charge >= 0.3 is 0 Å². The SMILES string of the molecule is CCCCCCC(CCCCC)c1ccc(S(=O)(=O)CO)cc1. The highest BCUT2D eigenvalue weighted by Crippen LogP contribution is 2.29. The summed E-state index contributed by atoms with van der Waals surface area (Å²) in [4.78, 5) is 0.210. The lowest BCUT2D eigenvalue weighted by Crippen LogP contribution is -2.06. The van der Waals surface area contributed by atoms with Crippen molar-refractivity contribution in [2.24, 2.45) is 0 Å². The molecule has 23 heavy (non-hydrogen) atoms. The van der Waals surface area contributed by atoms with Crippen LogP contribution in [0.25, 0.3) is 0 Å². The van der Waals surface area contributed by atoms with Crippen LogP contribution in [0.3, 0.4) is 0 Å². The van der Waals surface area contributed by atoms with Crippen molar-refractivity contribution in [1.29, 1.82) is 0 Å². The van der Waals surface area contributed by atoms with Gasteiger partial charge in [-0.25, -0.2) is 8.42 Å². The lowest BCUT2D eigenvalue weighted by molar-refractivity contribution is 0.358. The monoisotopic (exact) mass is 340 g/mol. The Hall–Kier alpha value is -0.870. The predicted molar refractivity (Wildman–Crippen MR) is 96.4 cm³/mol. The van der Waals surface area contributed by atoms with Crippen molar-refractivity contribution >= 4 is 9.84 Å². The first-order valence-corrected chi connectivity index (χ1v) is 10.6. The molecule has 0 aliphatic carbocycles. The summed E-state index contributed by atoms with van der Waals surface area (Å²) in [6.07, 6.45) is 11.1. The van der Waals surface area contributed by atoms with E-state index in [2.05, 4.69) is 13.8 Å². The van der Waals surface area contributed by atoms with Crippen LogP contribution >= 0.6 is 0 Å². The zero-order valence-electron chi connectivity index (χ0n) is 14.6. The summed E-state index contributed by atoms with van der Waals surface area (Å²) in [6.45, 7) is 4.43. The number of benzene rings is 1. The number of sulfone groups is 1. The molecule has 0 fully saturated rings. The Morgan fingerprint density at radius 3 is 1.91 bits per heavy atom. The Bertz CT molecular complexity index is 520. The molecule has 132 valence electrons. The number of rotatable bonds is 12. The molecule has 0 radical (unpaired) electrons. The molecule has 0 saturated carbocycles. The average molecular weight is 341 g/mol. The van der Waals surface area contributed by atoms with Gasteiger partial charge in [-0.3, -0.25) is 0 Å². The number of hydrogen-bond donors (Lipinski definition) is 1. The summed E-state index contributed by atoms with van der Waals surface area (Å²) in [7, 11) is -3.53. The fourth-order valence-electron chi connectivity index (χ4n) is 2.96. The van der Waals surface area contributed by atoms with E-state index in [-0.39, 0.29) is 4.90 Å². The fourth-order valence-corrected chi connectivity index (χ4v) is 3.66. The Morgan fingerprint density at radius 1 is 0.870 bits per heavy atom. The molecule has 1 rings (SSSR count). The lowest BCUT2D eigenvalue weighted by atomic mass is 9.88. The Kier molecular flexibility index (Phi) is 9.49. The summed E-state index contributed by atoms with van der Waals surface area (Å²) in [6, 6.07) is 7.14. The van der Waals surface area contributed by atoms with Crippen LogP contribution < -0.4 is 0 Å². The van der Waals surface area contributed by atoms with Crippen LogP contribution in [-0.4, -0.2) is 19.5 Å². The molecule has 0 aliphatic heterocycles. The van der Waals surface area contributed by atoms with E-state index in [1.54, 1.807) is 12.1 Å². The van der Waals surface area contributed by atoms with Crippen LogP contribution in [0.1, 0.15) is 83.1 Å². The summed E-state index contributed by atoms with van der Waals surface area (Å²) < 4.78 is 23.4. The lowest BCUT2D eigenvalue weighted by Gasteiger charge is -2.18. The van der Waals surface area contributed by atoms with Crippen molar-refractivity contribution in [2.75, 3.05) is 5.94 Å². The summed E-state index contributed by atoms with van der Waals surface area (Å²) in [5.41, 5.74) is 1.23. The zero-order valence-corrected chi connectivity index (χ0v) is 15.4. The molecule has 1 atom stereocenters. The molecule has 0 saturated heterocycles. The molecule has 3 nitrogen and oxygen atoms in total. The van der Waals surface area contributed by atoms with Gasteiger partial charge in [0.25, 0.3) is 0 Å². The van der Waals surface area contributed by atoms with Gasteiger partial charge in [0.05, 0.1) is 4.90 Å². The molecule has 0 aromatic heterocycles. The van der Waals surface area contributed by atoms with Gasteiger partial charge in [-0.2, -0.15) is 0 Å². The number of aliphatic hydroxyl groups excluding tert-OH is 1. The second-order valence-corrected chi connectivity index (χ2v) is 8.31. The Labute approximate surface area is 142 Å². The Balaban J connectivity index is 2.75. The van der Waals surface area contributed by atoms with Gasteiger partial charge in [-0.05, 0) is 36.5 Å². The minimum Gasteiger partial charge on any atom is -0.380 e. The normalized spacial score (nSPS) is 13.2. The third-order valence-corrected chi connectivity index (χ3v) is 5.77. The van der Waals surface area contributed by atoms with Crippen molar-refractivity contribution in [3.63, 3.8) is 0 Å². The summed E-state index contributed by atoms with van der Waals surface area (Å²) in [5, 5.41) is 8.95. The molecule has 1 unspecified atom stereocenters. The van der Waals surface area contributed by atoms with Gasteiger partial charge in [-0.1, -0.05) is 70.9 Å². The molecule has 0 bridgehead atoms. The van der Waals surface area contributed by atoms with Crippen molar-refractivity contribution in [1.82, 2.24) is 0 Å². The molecule has 1 aromatic rings. The number of aliphatic hydroxyl groups is 1. The molecule has 0 spiro atoms. The second kappa shape index (κ2) is 10.8. The maximum Gasteiger partial charge on any atom is 0.202 e. The van der Waals surface area contributed by atoms with E-state index >= 15 is 0 Å². The van der Waals surface area contributed by atoms with E-state index in [1.165, 1.54) is 63.4 Å². The third kappa shape index (κ3) is 7.05. The molecular formula is C19H32O3S. The topological polar surface area (TPSA) is 54.4 Å². The van der Waals surface area contributed by atoms with Gasteiger partial charge in [0.1, 0.15) is 5.94 Å². The smallest absolute Gasteiger partial charge is 0.202 e. The highest BCUT2D eigenvalue weighted by atomic mass is 32.2. The maximum atomic E-state index is 11.7. The Morgan fingerprint density at radius 2 is 1.39 bits per heavy atom. The molecule has 1 N–H and O–H groups in total. The van der Waals surface area contributed by atoms with Crippen molar-refractivity contribution < 1.29 is 13.5 Å². The maximum absolute atomic E-state index is 11.7. The first-order chi connectivity index (χ1) is 11.0. The van der Waals surface area contributed by atoms with Crippen LogP contribution in [0.2, 0.25) is 0 Å². The van der Waals surface area contributed by atoms with Gasteiger partial charge in [0, 0.05) is 0 Å². The van der Waals surface area contributed by atoms with E-state index in [4.69, 9.17) is 5.11 Å². The van der Waals surface area contributed by atoms with E-state index in [1.807, 2.05) is 12.1 Å². The van der Waals surface area contributed by atoms with Crippen molar-refractivity contribution in [3.8, 4) is 0 Å². The highest BCUT2D eigenvalue weighted by molar-refractivity contribution is 7.91. The van der Waals surface area contributed by atoms with Gasteiger partial charge in [0.15, 0.2) is 0 Å². The molecule has 1 aromatic carbocycles. The molecule has 0 heterocycles. The first-order valence-electron chi connectivity index (χ1n) is 8.98. The minimum absolute atomic E-state index is 0.210. The highest BCUT2D eigenvalue weighted by Gasteiger charge is 2.15. The third-order valence-electron chi connectivity index (χ3n) is 4.44. The fraction of sp³-hybridized carbons (Fsp3) is 0.684. The molecule has 0 aliphatic rings. The largest absolute Gasteiger partial charge is 0.380 e. The van der Waals surface area contributed by atoms with Crippen LogP contribution in [0.5, 0.6) is 0 Å². The van der Waals surface area contributed by atoms with Gasteiger partial charge in [0.2, 0.25) is 9.84 Å². The number of hydrogen-bond acceptors (Lipinski definition) is 3. The first kappa shape index (κ1) is 20.2. The second-order valence-electron chi connectivity index (χ2n) is 6.35. The minimum atomic E-state index is -3.53. The van der Waals surface area contributed by atoms with Crippen molar-refractivity contribution in [2.45, 2.75) is 82.4 Å². The molecular weight excluding hydrogens is 308 g/mol. The van der Waals surface area contributed by atoms with E-state index in [0.717, 1.165) is 0 Å². The summed E-state index contributed by atoms with van der Waals surface area (Å²) in [5.74, 6) is -0.312. The average Bonchev–Trinajstić information content (AvgIpc) is 2.57. The predicted octanol–water partition coefficient (Wildman–Crippen LogP) is 5.04. The molecule has 0 amide bonds. The molecule has 4 heteroatoms. The quantitative estimate of drug-likeness (QED) is 0.542. The van der Waals surface area contributed by atoms with E-state index < -0.39 is 15.8 Å². The van der Waals surface area contributed by atoms with Crippen LogP contribution in [-0.2, 0) is 9.84 Å². The van der Waals surface area contributed by atoms with E-state index in [0.29, 0.717) is 5.92 Å². The van der Waals surface area contributed by atoms with Gasteiger partial charge < -0.3 is 5.11 Å². The summed E-state index contributed by atoms with van der Waals surface area (Å²) >= 11 is 0. The van der Waals surface area contributed by atoms with Crippen LogP contribution in [0.4, 0.5) is 0 Å². The zero-order chi connectivity index (χ0) is 17.1. The standard InChI is InChI=1S/C19H32O3S/c1-3-5-7-9-11-17(10-8-6-4-2)18-12-14-19(15-13-18)23(21,22)16-20/h12-15,17,20H,3-11,16H2,1-2H3. The number of unbranched alkanes of at least 4 members (excludes halogenated alkanes) is 5. The van der Waals surface area contributed by atoms with Crippen molar-refractivity contribution in [3.05, 3.63) is 29.8 Å². The van der Waals surface area contributed by atoms with Crippen LogP contribution in [0.15, 0.2) is 29.2 Å². The van der Waals surface area contributed by atoms with Gasteiger partial charge in [-0.15, -0.1) is 0 Å². The van der Waals surface area contributed by atoms with E-state index in [9.17, 15) is 8.42 Å².